The summed E-state index contributed by atoms with van der Waals surface area (Å²) in [5.74, 6) is -1.31. The number of rotatable bonds is 6. The molecule has 0 spiro atoms. The van der Waals surface area contributed by atoms with Crippen molar-refractivity contribution in [3.63, 3.8) is 0 Å². The van der Waals surface area contributed by atoms with Crippen molar-refractivity contribution in [1.29, 1.82) is 0 Å². The van der Waals surface area contributed by atoms with Crippen LogP contribution < -0.4 is 10.6 Å². The lowest BCUT2D eigenvalue weighted by Gasteiger charge is -2.21. The van der Waals surface area contributed by atoms with Crippen molar-refractivity contribution in [1.82, 2.24) is 15.5 Å². The van der Waals surface area contributed by atoms with Gasteiger partial charge in [-0.05, 0) is 13.3 Å². The Balaban J connectivity index is 2.36. The molecule has 0 bridgehead atoms. The molecule has 3 amide bonds. The number of likely N-dealkylation sites (tertiary alicyclic amines) is 1. The number of β-amino-alcohol motifs (C(OH)–C–C–N with tert-alkyl or cyclic N) is 1. The van der Waals surface area contributed by atoms with Gasteiger partial charge >= 0.3 is 12.0 Å². The Bertz CT molecular complexity index is 401. The van der Waals surface area contributed by atoms with E-state index in [4.69, 9.17) is 5.11 Å². The van der Waals surface area contributed by atoms with Crippen molar-refractivity contribution in [2.75, 3.05) is 13.1 Å². The van der Waals surface area contributed by atoms with Gasteiger partial charge in [0.15, 0.2) is 0 Å². The van der Waals surface area contributed by atoms with Gasteiger partial charge in [-0.3, -0.25) is 4.79 Å². The first-order chi connectivity index (χ1) is 9.85. The highest BCUT2D eigenvalue weighted by molar-refractivity contribution is 5.84. The maximum absolute atomic E-state index is 11.9. The number of carbonyl (C=O) groups is 3. The maximum Gasteiger partial charge on any atom is 0.326 e. The highest BCUT2D eigenvalue weighted by Crippen LogP contribution is 2.17. The number of amides is 3. The summed E-state index contributed by atoms with van der Waals surface area (Å²) in [6.07, 6.45) is 0.150. The van der Waals surface area contributed by atoms with E-state index in [0.717, 1.165) is 11.3 Å². The number of aliphatic hydroxyl groups excluding tert-OH is 1. The normalized spacial score (nSPS) is 22.7. The molecular weight excluding hydrogens is 278 g/mol. The van der Waals surface area contributed by atoms with Crippen LogP contribution in [0.1, 0.15) is 33.1 Å². The molecule has 0 aromatic rings. The minimum Gasteiger partial charge on any atom is -0.480 e. The Kier molecular flexibility index (Phi) is 6.41. The maximum atomic E-state index is 11.9. The molecule has 0 saturated carbocycles. The third kappa shape index (κ3) is 5.22. The number of aliphatic carboxylic acids is 1. The molecule has 1 fully saturated rings. The van der Waals surface area contributed by atoms with Gasteiger partial charge in [-0.15, -0.1) is 0 Å². The Morgan fingerprint density at radius 1 is 1.38 bits per heavy atom. The van der Waals surface area contributed by atoms with Gasteiger partial charge in [-0.2, -0.15) is 0 Å². The van der Waals surface area contributed by atoms with E-state index in [1.54, 1.807) is 0 Å². The molecule has 1 heterocycles. The van der Waals surface area contributed by atoms with Crippen LogP contribution in [0.15, 0.2) is 0 Å². The molecular formula is C13H23N3O5. The highest BCUT2D eigenvalue weighted by atomic mass is 16.4. The topological polar surface area (TPSA) is 119 Å². The fourth-order valence-electron chi connectivity index (χ4n) is 2.11. The van der Waals surface area contributed by atoms with Crippen molar-refractivity contribution in [2.45, 2.75) is 51.3 Å². The number of hydrogen-bond acceptors (Lipinski definition) is 4. The first-order valence-electron chi connectivity index (χ1n) is 7.09. The van der Waals surface area contributed by atoms with Gasteiger partial charge in [0.1, 0.15) is 6.04 Å². The quantitative estimate of drug-likeness (QED) is 0.528. The number of carbonyl (C=O) groups excluding carboxylic acids is 2. The van der Waals surface area contributed by atoms with Gasteiger partial charge in [-0.25, -0.2) is 9.59 Å². The second kappa shape index (κ2) is 7.82. The lowest BCUT2D eigenvalue weighted by molar-refractivity contribution is -0.141. The summed E-state index contributed by atoms with van der Waals surface area (Å²) in [5.41, 5.74) is 0. The van der Waals surface area contributed by atoms with Crippen LogP contribution in [0.25, 0.3) is 0 Å². The van der Waals surface area contributed by atoms with Crippen molar-refractivity contribution in [3.05, 3.63) is 0 Å². The van der Waals surface area contributed by atoms with Crippen molar-refractivity contribution in [2.24, 2.45) is 0 Å². The zero-order valence-electron chi connectivity index (χ0n) is 12.3. The number of nitrogens with zero attached hydrogens (tertiary/aromatic N) is 1. The smallest absolute Gasteiger partial charge is 0.326 e. The predicted octanol–water partition coefficient (Wildman–Crippen LogP) is -0.479. The van der Waals surface area contributed by atoms with Crippen LogP contribution in [0.3, 0.4) is 0 Å². The molecule has 0 aliphatic carbocycles. The summed E-state index contributed by atoms with van der Waals surface area (Å²) in [5, 5.41) is 23.7. The number of nitrogens with one attached hydrogen (secondary N) is 2. The van der Waals surface area contributed by atoms with Gasteiger partial charge in [0.25, 0.3) is 0 Å². The number of carboxylic acid groups (broad SMARTS) is 1. The third-order valence-electron chi connectivity index (χ3n) is 3.47. The first kappa shape index (κ1) is 17.2. The molecule has 0 radical (unpaired) electrons. The van der Waals surface area contributed by atoms with Crippen LogP contribution in [0.4, 0.5) is 4.79 Å². The Morgan fingerprint density at radius 3 is 2.62 bits per heavy atom. The van der Waals surface area contributed by atoms with Gasteiger partial charge < -0.3 is 25.7 Å². The lowest BCUT2D eigenvalue weighted by Crippen LogP contribution is -2.47. The molecule has 0 aromatic carbocycles. The van der Waals surface area contributed by atoms with E-state index in [2.05, 4.69) is 10.6 Å². The number of aliphatic hydroxyl groups is 1. The molecule has 1 saturated heterocycles. The average Bonchev–Trinajstić information content (AvgIpc) is 2.80. The van der Waals surface area contributed by atoms with E-state index in [1.165, 1.54) is 0 Å². The SMILES string of the molecule is CCC(C)NC(=O)CCNC(=O)N1C[C@@H](O)C[C@H]1C(=O)O. The van der Waals surface area contributed by atoms with Crippen molar-refractivity contribution >= 4 is 17.9 Å². The molecule has 1 rings (SSSR count). The molecule has 1 aliphatic rings. The summed E-state index contributed by atoms with van der Waals surface area (Å²) < 4.78 is 0. The number of urea groups is 1. The fraction of sp³-hybridized carbons (Fsp3) is 0.769. The van der Waals surface area contributed by atoms with Crippen LogP contribution in [0.2, 0.25) is 0 Å². The van der Waals surface area contributed by atoms with E-state index in [1.807, 2.05) is 13.8 Å². The van der Waals surface area contributed by atoms with Crippen LogP contribution in [0, 0.1) is 0 Å². The Hall–Kier alpha value is -1.83. The molecule has 1 unspecified atom stereocenters. The molecule has 8 nitrogen and oxygen atoms in total. The molecule has 120 valence electrons. The summed E-state index contributed by atoms with van der Waals surface area (Å²) in [6.45, 7) is 3.96. The molecule has 3 atom stereocenters. The molecule has 1 aliphatic heterocycles. The van der Waals surface area contributed by atoms with E-state index in [9.17, 15) is 19.5 Å². The van der Waals surface area contributed by atoms with Crippen LogP contribution >= 0.6 is 0 Å². The van der Waals surface area contributed by atoms with Crippen molar-refractivity contribution < 1.29 is 24.6 Å². The Morgan fingerprint density at radius 2 is 2.05 bits per heavy atom. The van der Waals surface area contributed by atoms with Crippen LogP contribution in [-0.2, 0) is 9.59 Å². The summed E-state index contributed by atoms with van der Waals surface area (Å²) in [6, 6.07) is -1.51. The highest BCUT2D eigenvalue weighted by Gasteiger charge is 2.38. The lowest BCUT2D eigenvalue weighted by atomic mass is 10.2. The van der Waals surface area contributed by atoms with Gasteiger partial charge in [0.05, 0.1) is 6.10 Å². The monoisotopic (exact) mass is 301 g/mol. The summed E-state index contributed by atoms with van der Waals surface area (Å²) >= 11 is 0. The standard InChI is InChI=1S/C13H23N3O5/c1-3-8(2)15-11(18)4-5-14-13(21)16-7-9(17)6-10(16)12(19)20/h8-10,17H,3-7H2,1-2H3,(H,14,21)(H,15,18)(H,19,20)/t8?,9-,10-/m0/s1. The number of hydrogen-bond donors (Lipinski definition) is 4. The Labute approximate surface area is 123 Å². The van der Waals surface area contributed by atoms with E-state index in [-0.39, 0.29) is 37.9 Å². The van der Waals surface area contributed by atoms with Gasteiger partial charge in [0.2, 0.25) is 5.91 Å². The summed E-state index contributed by atoms with van der Waals surface area (Å²) in [4.78, 5) is 35.5. The minimum atomic E-state index is -1.14. The van der Waals surface area contributed by atoms with E-state index in [0.29, 0.717) is 0 Å². The summed E-state index contributed by atoms with van der Waals surface area (Å²) in [7, 11) is 0. The molecule has 0 aromatic heterocycles. The average molecular weight is 301 g/mol. The zero-order valence-corrected chi connectivity index (χ0v) is 12.3. The first-order valence-corrected chi connectivity index (χ1v) is 7.09. The van der Waals surface area contributed by atoms with Gasteiger partial charge in [-0.1, -0.05) is 6.92 Å². The van der Waals surface area contributed by atoms with Crippen LogP contribution in [0.5, 0.6) is 0 Å². The molecule has 8 heteroatoms. The second-order valence-electron chi connectivity index (χ2n) is 5.25. The molecule has 21 heavy (non-hydrogen) atoms. The molecule has 4 N–H and O–H groups in total. The zero-order chi connectivity index (χ0) is 16.0. The fourth-order valence-corrected chi connectivity index (χ4v) is 2.11. The predicted molar refractivity (Wildman–Crippen MR) is 74.7 cm³/mol. The van der Waals surface area contributed by atoms with E-state index < -0.39 is 24.1 Å². The van der Waals surface area contributed by atoms with Gasteiger partial charge in [0, 0.05) is 32.0 Å². The van der Waals surface area contributed by atoms with E-state index >= 15 is 0 Å². The second-order valence-corrected chi connectivity index (χ2v) is 5.25. The van der Waals surface area contributed by atoms with Crippen molar-refractivity contribution in [3.8, 4) is 0 Å². The minimum absolute atomic E-state index is 0.0120. The largest absolute Gasteiger partial charge is 0.480 e. The number of carboxylic acids is 1. The third-order valence-corrected chi connectivity index (χ3v) is 3.47. The van der Waals surface area contributed by atoms with Crippen LogP contribution in [-0.4, -0.2) is 64.3 Å².